The van der Waals surface area contributed by atoms with Crippen LogP contribution in [0.15, 0.2) is 58.3 Å². The van der Waals surface area contributed by atoms with E-state index in [1.165, 1.54) is 29.3 Å². The van der Waals surface area contributed by atoms with Crippen molar-refractivity contribution in [3.63, 3.8) is 0 Å². The zero-order valence-electron chi connectivity index (χ0n) is 16.8. The molecule has 0 spiro atoms. The van der Waals surface area contributed by atoms with Gasteiger partial charge >= 0.3 is 0 Å². The molecule has 1 saturated heterocycles. The minimum atomic E-state index is -0.461. The molecule has 0 aliphatic carbocycles. The number of hydrogen-bond acceptors (Lipinski definition) is 5. The first-order valence-corrected chi connectivity index (χ1v) is 11.1. The number of amidine groups is 3. The molecule has 0 radical (unpaired) electrons. The third-order valence-electron chi connectivity index (χ3n) is 5.53. The van der Waals surface area contributed by atoms with E-state index in [4.69, 9.17) is 5.41 Å². The van der Waals surface area contributed by atoms with Gasteiger partial charge in [-0.1, -0.05) is 18.2 Å². The molecule has 1 amide bonds. The molecule has 1 aromatic heterocycles. The fraction of sp³-hybridized carbons (Fsp3) is 0.273. The number of thioether (sulfide) groups is 1. The number of hydrazone groups is 1. The zero-order valence-corrected chi connectivity index (χ0v) is 17.6. The Bertz CT molecular complexity index is 1140. The number of carbonyl (C=O) groups excluding carboxylic acids is 1. The van der Waals surface area contributed by atoms with Crippen molar-refractivity contribution in [2.75, 3.05) is 13.1 Å². The normalized spacial score (nSPS) is 20.2. The van der Waals surface area contributed by atoms with E-state index in [0.29, 0.717) is 23.0 Å². The molecular formula is C22H21FN6OS. The van der Waals surface area contributed by atoms with Gasteiger partial charge in [0.1, 0.15) is 5.82 Å². The van der Waals surface area contributed by atoms with Crippen molar-refractivity contribution in [2.24, 2.45) is 10.1 Å². The summed E-state index contributed by atoms with van der Waals surface area (Å²) in [4.78, 5) is 19.1. The van der Waals surface area contributed by atoms with Crippen molar-refractivity contribution in [2.45, 2.75) is 25.8 Å². The van der Waals surface area contributed by atoms with Crippen LogP contribution in [0.4, 0.5) is 4.39 Å². The van der Waals surface area contributed by atoms with Gasteiger partial charge in [-0.2, -0.15) is 10.0 Å². The van der Waals surface area contributed by atoms with E-state index in [1.807, 2.05) is 22.9 Å². The van der Waals surface area contributed by atoms with E-state index in [0.717, 1.165) is 31.1 Å². The summed E-state index contributed by atoms with van der Waals surface area (Å²) in [5.74, 6) is -0.732. The fourth-order valence-electron chi connectivity index (χ4n) is 3.86. The summed E-state index contributed by atoms with van der Waals surface area (Å²) in [6.07, 6.45) is 6.90. The van der Waals surface area contributed by atoms with Crippen LogP contribution in [0.1, 0.15) is 30.5 Å². The first-order valence-electron chi connectivity index (χ1n) is 10.2. The third kappa shape index (κ3) is 3.81. The molecule has 31 heavy (non-hydrogen) atoms. The summed E-state index contributed by atoms with van der Waals surface area (Å²) in [5.41, 5.74) is 1.42. The number of aromatic nitrogens is 1. The van der Waals surface area contributed by atoms with Gasteiger partial charge in [-0.25, -0.2) is 4.39 Å². The minimum absolute atomic E-state index is 0.00755. The maximum absolute atomic E-state index is 14.1. The Hall–Kier alpha value is -3.20. The number of halogens is 1. The molecule has 0 atom stereocenters. The third-order valence-corrected chi connectivity index (χ3v) is 6.50. The molecule has 2 aromatic rings. The smallest absolute Gasteiger partial charge is 0.283 e. The van der Waals surface area contributed by atoms with Gasteiger partial charge in [0.2, 0.25) is 5.17 Å². The van der Waals surface area contributed by atoms with Crippen LogP contribution in [-0.2, 0) is 11.3 Å². The summed E-state index contributed by atoms with van der Waals surface area (Å²) in [7, 11) is 0. The number of piperidine rings is 1. The number of benzene rings is 1. The lowest BCUT2D eigenvalue weighted by atomic mass is 10.1. The molecule has 3 aliphatic heterocycles. The summed E-state index contributed by atoms with van der Waals surface area (Å²) in [6, 6.07) is 10.3. The number of aliphatic imine (C=N–C) groups is 1. The summed E-state index contributed by atoms with van der Waals surface area (Å²) in [5, 5.41) is 15.8. The van der Waals surface area contributed by atoms with Gasteiger partial charge in [-0.3, -0.25) is 10.2 Å². The minimum Gasteiger partial charge on any atom is -0.349 e. The van der Waals surface area contributed by atoms with Gasteiger partial charge in [0, 0.05) is 30.5 Å². The monoisotopic (exact) mass is 436 g/mol. The number of amides is 1. The Morgan fingerprint density at radius 1 is 1.10 bits per heavy atom. The van der Waals surface area contributed by atoms with Crippen LogP contribution in [0.25, 0.3) is 6.08 Å². The van der Waals surface area contributed by atoms with Gasteiger partial charge in [0.15, 0.2) is 11.0 Å². The summed E-state index contributed by atoms with van der Waals surface area (Å²) in [6.45, 7) is 2.19. The molecular weight excluding hydrogens is 415 g/mol. The maximum atomic E-state index is 14.1. The number of hydrogen-bond donors (Lipinski definition) is 1. The molecule has 9 heteroatoms. The topological polar surface area (TPSA) is 77.0 Å². The number of likely N-dealkylation sites (tertiary alicyclic amines) is 1. The zero-order chi connectivity index (χ0) is 21.4. The van der Waals surface area contributed by atoms with Gasteiger partial charge < -0.3 is 9.47 Å². The molecule has 1 fully saturated rings. The number of carbonyl (C=O) groups is 1. The highest BCUT2D eigenvalue weighted by atomic mass is 32.2. The van der Waals surface area contributed by atoms with E-state index in [-0.39, 0.29) is 17.2 Å². The largest absolute Gasteiger partial charge is 0.349 e. The molecule has 3 aliphatic rings. The van der Waals surface area contributed by atoms with Gasteiger partial charge in [0.25, 0.3) is 5.91 Å². The molecule has 1 aromatic carbocycles. The molecule has 0 bridgehead atoms. The van der Waals surface area contributed by atoms with Crippen molar-refractivity contribution in [1.82, 2.24) is 14.5 Å². The van der Waals surface area contributed by atoms with Crippen LogP contribution < -0.4 is 0 Å². The Kier molecular flexibility index (Phi) is 5.19. The molecule has 158 valence electrons. The summed E-state index contributed by atoms with van der Waals surface area (Å²) >= 11 is 1.34. The Morgan fingerprint density at radius 2 is 1.90 bits per heavy atom. The van der Waals surface area contributed by atoms with Crippen molar-refractivity contribution in [3.05, 3.63) is 65.2 Å². The quantitative estimate of drug-likeness (QED) is 0.744. The Labute approximate surface area is 183 Å². The lowest BCUT2D eigenvalue weighted by Gasteiger charge is -2.26. The van der Waals surface area contributed by atoms with Crippen molar-refractivity contribution in [3.8, 4) is 0 Å². The first kappa shape index (κ1) is 19.7. The molecule has 1 N–H and O–H groups in total. The average molecular weight is 437 g/mol. The number of nitrogens with zero attached hydrogens (tertiary/aromatic N) is 5. The van der Waals surface area contributed by atoms with Crippen molar-refractivity contribution >= 4 is 39.9 Å². The highest BCUT2D eigenvalue weighted by Gasteiger charge is 2.37. The molecule has 4 heterocycles. The number of fused-ring (bicyclic) bond motifs is 1. The van der Waals surface area contributed by atoms with Gasteiger partial charge in [-0.15, -0.1) is 5.10 Å². The van der Waals surface area contributed by atoms with Crippen LogP contribution >= 0.6 is 11.8 Å². The second-order valence-corrected chi connectivity index (χ2v) is 8.54. The second kappa shape index (κ2) is 8.14. The Morgan fingerprint density at radius 3 is 2.71 bits per heavy atom. The van der Waals surface area contributed by atoms with E-state index in [9.17, 15) is 9.18 Å². The SMILES string of the molecule is N=C1/C(=C/c2cccn2Cc2ccccc2F)C(=O)N=C2SC(N3CCCCC3)=NN12. The van der Waals surface area contributed by atoms with Crippen LogP contribution in [-0.4, -0.2) is 49.6 Å². The van der Waals surface area contributed by atoms with Crippen molar-refractivity contribution < 1.29 is 9.18 Å². The van der Waals surface area contributed by atoms with Crippen molar-refractivity contribution in [1.29, 1.82) is 5.41 Å². The predicted octanol–water partition coefficient (Wildman–Crippen LogP) is 3.74. The van der Waals surface area contributed by atoms with Crippen LogP contribution in [0.2, 0.25) is 0 Å². The fourth-order valence-corrected chi connectivity index (χ4v) is 4.80. The van der Waals surface area contributed by atoms with E-state index >= 15 is 0 Å². The number of nitrogens with one attached hydrogen (secondary N) is 1. The van der Waals surface area contributed by atoms with E-state index < -0.39 is 5.91 Å². The molecule has 7 nitrogen and oxygen atoms in total. The lowest BCUT2D eigenvalue weighted by Crippen LogP contribution is -2.35. The predicted molar refractivity (Wildman–Crippen MR) is 120 cm³/mol. The molecule has 0 unspecified atom stereocenters. The van der Waals surface area contributed by atoms with Gasteiger partial charge in [0.05, 0.1) is 12.1 Å². The van der Waals surface area contributed by atoms with E-state index in [2.05, 4.69) is 15.0 Å². The van der Waals surface area contributed by atoms with Crippen LogP contribution in [0, 0.1) is 11.2 Å². The van der Waals surface area contributed by atoms with Gasteiger partial charge in [-0.05, 0) is 55.3 Å². The first-order chi connectivity index (χ1) is 15.1. The Balaban J connectivity index is 1.41. The summed E-state index contributed by atoms with van der Waals surface area (Å²) < 4.78 is 15.9. The highest BCUT2D eigenvalue weighted by Crippen LogP contribution is 2.30. The van der Waals surface area contributed by atoms with Crippen LogP contribution in [0.3, 0.4) is 0 Å². The molecule has 0 saturated carbocycles. The number of rotatable bonds is 3. The highest BCUT2D eigenvalue weighted by molar-refractivity contribution is 8.26. The lowest BCUT2D eigenvalue weighted by molar-refractivity contribution is -0.114. The molecule has 5 rings (SSSR count). The average Bonchev–Trinajstić information content (AvgIpc) is 3.40. The second-order valence-electron chi connectivity index (χ2n) is 7.60. The van der Waals surface area contributed by atoms with Crippen LogP contribution in [0.5, 0.6) is 0 Å². The maximum Gasteiger partial charge on any atom is 0.283 e. The van der Waals surface area contributed by atoms with E-state index in [1.54, 1.807) is 24.3 Å². The standard InChI is InChI=1S/C22H21FN6OS/c23-18-9-3-2-7-15(18)14-28-12-6-8-16(28)13-17-19(24)29-21(25-20(17)30)31-22(26-29)27-10-4-1-5-11-27/h2-3,6-9,12-13,24H,1,4-5,10-11,14H2/b17-13-,24-19?.